The first-order valence-electron chi connectivity index (χ1n) is 6.38. The Labute approximate surface area is 109 Å². The Bertz CT molecular complexity index is 331. The zero-order valence-electron chi connectivity index (χ0n) is 10.5. The molecule has 1 aliphatic carbocycles. The third kappa shape index (κ3) is 5.08. The average Bonchev–Trinajstić information content (AvgIpc) is 2.33. The van der Waals surface area contributed by atoms with Crippen LogP contribution < -0.4 is 5.32 Å². The Morgan fingerprint density at radius 1 is 1.21 bits per heavy atom. The highest BCUT2D eigenvalue weighted by Gasteiger charge is 2.47. The number of alkyl halides is 3. The number of rotatable bonds is 5. The van der Waals surface area contributed by atoms with Crippen molar-refractivity contribution in [2.75, 3.05) is 6.54 Å². The summed E-state index contributed by atoms with van der Waals surface area (Å²) < 4.78 is 38.4. The van der Waals surface area contributed by atoms with Crippen molar-refractivity contribution >= 4 is 11.9 Å². The largest absolute Gasteiger partial charge is 0.481 e. The van der Waals surface area contributed by atoms with E-state index in [1.54, 1.807) is 0 Å². The van der Waals surface area contributed by atoms with E-state index in [0.717, 1.165) is 0 Å². The number of carbonyl (C=O) groups excluding carboxylic acids is 1. The third-order valence-electron chi connectivity index (χ3n) is 3.39. The molecule has 2 N–H and O–H groups in total. The number of hydrogen-bond acceptors (Lipinski definition) is 2. The molecule has 0 aliphatic heterocycles. The lowest BCUT2D eigenvalue weighted by molar-refractivity contribution is -0.198. The quantitative estimate of drug-likeness (QED) is 0.760. The molecule has 2 atom stereocenters. The lowest BCUT2D eigenvalue weighted by atomic mass is 9.78. The van der Waals surface area contributed by atoms with E-state index in [4.69, 9.17) is 5.11 Å². The molecule has 0 spiro atoms. The summed E-state index contributed by atoms with van der Waals surface area (Å²) >= 11 is 0. The van der Waals surface area contributed by atoms with E-state index in [0.29, 0.717) is 12.8 Å². The fraction of sp³-hybridized carbons (Fsp3) is 0.833. The first-order chi connectivity index (χ1) is 8.82. The molecule has 1 rings (SSSR count). The predicted molar refractivity (Wildman–Crippen MR) is 61.4 cm³/mol. The van der Waals surface area contributed by atoms with Crippen LogP contribution in [0.5, 0.6) is 0 Å². The molecule has 0 heterocycles. The second kappa shape index (κ2) is 6.77. The number of amides is 1. The van der Waals surface area contributed by atoms with Crippen LogP contribution >= 0.6 is 0 Å². The summed E-state index contributed by atoms with van der Waals surface area (Å²) in [4.78, 5) is 22.0. The molecule has 0 saturated heterocycles. The maximum absolute atomic E-state index is 12.8. The van der Waals surface area contributed by atoms with Gasteiger partial charge >= 0.3 is 12.1 Å². The minimum absolute atomic E-state index is 0.00326. The Morgan fingerprint density at radius 3 is 2.42 bits per heavy atom. The smallest absolute Gasteiger partial charge is 0.392 e. The van der Waals surface area contributed by atoms with Crippen molar-refractivity contribution in [3.05, 3.63) is 0 Å². The molecule has 1 saturated carbocycles. The maximum atomic E-state index is 12.8. The van der Waals surface area contributed by atoms with E-state index < -0.39 is 29.9 Å². The topological polar surface area (TPSA) is 66.4 Å². The van der Waals surface area contributed by atoms with Crippen molar-refractivity contribution in [1.82, 2.24) is 5.32 Å². The van der Waals surface area contributed by atoms with Gasteiger partial charge in [0.05, 0.1) is 5.92 Å². The van der Waals surface area contributed by atoms with Crippen molar-refractivity contribution in [3.63, 3.8) is 0 Å². The molecule has 110 valence electrons. The van der Waals surface area contributed by atoms with Crippen LogP contribution in [0.1, 0.15) is 38.5 Å². The van der Waals surface area contributed by atoms with E-state index in [2.05, 4.69) is 5.32 Å². The van der Waals surface area contributed by atoms with Crippen LogP contribution in [0.25, 0.3) is 0 Å². The molecule has 0 bridgehead atoms. The summed E-state index contributed by atoms with van der Waals surface area (Å²) in [5, 5.41) is 10.8. The lowest BCUT2D eigenvalue weighted by Gasteiger charge is -2.31. The molecule has 4 nitrogen and oxygen atoms in total. The SMILES string of the molecule is O=C(O)CCCNC(=O)[C@@H]1CCCC[C@H]1C(F)(F)F. The van der Waals surface area contributed by atoms with Gasteiger partial charge in [-0.3, -0.25) is 9.59 Å². The Hall–Kier alpha value is -1.27. The van der Waals surface area contributed by atoms with Gasteiger partial charge in [0, 0.05) is 18.9 Å². The number of halogens is 3. The van der Waals surface area contributed by atoms with Gasteiger partial charge in [-0.2, -0.15) is 13.2 Å². The zero-order chi connectivity index (χ0) is 14.5. The monoisotopic (exact) mass is 281 g/mol. The Kier molecular flexibility index (Phi) is 5.62. The lowest BCUT2D eigenvalue weighted by Crippen LogP contribution is -2.42. The summed E-state index contributed by atoms with van der Waals surface area (Å²) in [6, 6.07) is 0. The van der Waals surface area contributed by atoms with Crippen LogP contribution in [0.4, 0.5) is 13.2 Å². The Morgan fingerprint density at radius 2 is 1.84 bits per heavy atom. The van der Waals surface area contributed by atoms with Crippen molar-refractivity contribution in [3.8, 4) is 0 Å². The fourth-order valence-electron chi connectivity index (χ4n) is 2.42. The van der Waals surface area contributed by atoms with Crippen LogP contribution in [0.2, 0.25) is 0 Å². The molecule has 1 fully saturated rings. The van der Waals surface area contributed by atoms with Crippen molar-refractivity contribution in [1.29, 1.82) is 0 Å². The van der Waals surface area contributed by atoms with Gasteiger partial charge in [0.25, 0.3) is 0 Å². The number of hydrogen-bond donors (Lipinski definition) is 2. The number of carboxylic acids is 1. The molecule has 19 heavy (non-hydrogen) atoms. The number of carboxylic acid groups (broad SMARTS) is 1. The number of aliphatic carboxylic acids is 1. The molecular formula is C12H18F3NO3. The van der Waals surface area contributed by atoms with Crippen molar-refractivity contribution in [2.45, 2.75) is 44.7 Å². The normalized spacial score (nSPS) is 23.9. The molecule has 0 radical (unpaired) electrons. The summed E-state index contributed by atoms with van der Waals surface area (Å²) in [5.41, 5.74) is 0. The van der Waals surface area contributed by atoms with Gasteiger partial charge < -0.3 is 10.4 Å². The highest BCUT2D eigenvalue weighted by molar-refractivity contribution is 5.79. The van der Waals surface area contributed by atoms with Gasteiger partial charge in [-0.15, -0.1) is 0 Å². The van der Waals surface area contributed by atoms with Gasteiger partial charge in [-0.05, 0) is 19.3 Å². The number of carbonyl (C=O) groups is 2. The van der Waals surface area contributed by atoms with Gasteiger partial charge in [0.2, 0.25) is 5.91 Å². The van der Waals surface area contributed by atoms with Crippen molar-refractivity contribution < 1.29 is 27.9 Å². The summed E-state index contributed by atoms with van der Waals surface area (Å²) in [6.45, 7) is 0.103. The van der Waals surface area contributed by atoms with E-state index in [9.17, 15) is 22.8 Å². The fourth-order valence-corrected chi connectivity index (χ4v) is 2.42. The zero-order valence-corrected chi connectivity index (χ0v) is 10.5. The maximum Gasteiger partial charge on any atom is 0.392 e. The summed E-state index contributed by atoms with van der Waals surface area (Å²) in [7, 11) is 0. The predicted octanol–water partition coefficient (Wildman–Crippen LogP) is 2.34. The second-order valence-electron chi connectivity index (χ2n) is 4.83. The van der Waals surface area contributed by atoms with Gasteiger partial charge in [-0.1, -0.05) is 12.8 Å². The Balaban J connectivity index is 2.46. The average molecular weight is 281 g/mol. The molecule has 0 unspecified atom stereocenters. The highest BCUT2D eigenvalue weighted by atomic mass is 19.4. The molecule has 0 aromatic heterocycles. The van der Waals surface area contributed by atoms with Crippen LogP contribution in [0.15, 0.2) is 0 Å². The van der Waals surface area contributed by atoms with Gasteiger partial charge in [0.15, 0.2) is 0 Å². The summed E-state index contributed by atoms with van der Waals surface area (Å²) in [5.74, 6) is -4.19. The molecule has 7 heteroatoms. The third-order valence-corrected chi connectivity index (χ3v) is 3.39. The first-order valence-corrected chi connectivity index (χ1v) is 6.38. The van der Waals surface area contributed by atoms with E-state index in [1.807, 2.05) is 0 Å². The molecular weight excluding hydrogens is 263 g/mol. The minimum Gasteiger partial charge on any atom is -0.481 e. The number of nitrogens with one attached hydrogen (secondary N) is 1. The van der Waals surface area contributed by atoms with Crippen LogP contribution in [-0.2, 0) is 9.59 Å². The van der Waals surface area contributed by atoms with Gasteiger partial charge in [-0.25, -0.2) is 0 Å². The van der Waals surface area contributed by atoms with Crippen LogP contribution in [-0.4, -0.2) is 29.7 Å². The van der Waals surface area contributed by atoms with E-state index >= 15 is 0 Å². The molecule has 0 aromatic carbocycles. The summed E-state index contributed by atoms with van der Waals surface area (Å²) in [6.07, 6.45) is -2.86. The van der Waals surface area contributed by atoms with E-state index in [1.165, 1.54) is 0 Å². The van der Waals surface area contributed by atoms with E-state index in [-0.39, 0.29) is 32.2 Å². The van der Waals surface area contributed by atoms with Crippen molar-refractivity contribution in [2.24, 2.45) is 11.8 Å². The minimum atomic E-state index is -4.34. The second-order valence-corrected chi connectivity index (χ2v) is 4.83. The van der Waals surface area contributed by atoms with Crippen LogP contribution in [0, 0.1) is 11.8 Å². The first kappa shape index (κ1) is 15.8. The molecule has 1 amide bonds. The standard InChI is InChI=1S/C12H18F3NO3/c13-12(14,15)9-5-2-1-4-8(9)11(19)16-7-3-6-10(17)18/h8-9H,1-7H2,(H,16,19)(H,17,18)/t8-,9-/m1/s1. The van der Waals surface area contributed by atoms with Crippen LogP contribution in [0.3, 0.4) is 0 Å². The van der Waals surface area contributed by atoms with Gasteiger partial charge in [0.1, 0.15) is 0 Å². The highest BCUT2D eigenvalue weighted by Crippen LogP contribution is 2.41. The molecule has 0 aromatic rings. The molecule has 1 aliphatic rings.